The van der Waals surface area contributed by atoms with E-state index in [1.54, 1.807) is 16.8 Å². The fourth-order valence-corrected chi connectivity index (χ4v) is 2.82. The summed E-state index contributed by atoms with van der Waals surface area (Å²) in [6.45, 7) is 10.6. The van der Waals surface area contributed by atoms with Crippen molar-refractivity contribution in [1.29, 1.82) is 0 Å². The van der Waals surface area contributed by atoms with E-state index in [0.717, 1.165) is 24.3 Å². The molecule has 2 heterocycles. The van der Waals surface area contributed by atoms with Crippen LogP contribution in [0.25, 0.3) is 0 Å². The van der Waals surface area contributed by atoms with E-state index in [9.17, 15) is 9.59 Å². The van der Waals surface area contributed by atoms with Gasteiger partial charge in [0.2, 0.25) is 5.89 Å². The molecule has 8 heteroatoms. The fourth-order valence-electron chi connectivity index (χ4n) is 2.82. The Balaban J connectivity index is 1.88. The molecule has 1 aromatic rings. The van der Waals surface area contributed by atoms with Crippen molar-refractivity contribution in [2.75, 3.05) is 20.1 Å². The number of aryl methyl sites for hydroxylation is 2. The van der Waals surface area contributed by atoms with E-state index < -0.39 is 5.60 Å². The Morgan fingerprint density at radius 2 is 2.08 bits per heavy atom. The number of urea groups is 1. The molecular weight excluding hydrogens is 336 g/mol. The van der Waals surface area contributed by atoms with Crippen LogP contribution in [0.2, 0.25) is 0 Å². The van der Waals surface area contributed by atoms with Crippen molar-refractivity contribution in [3.8, 4) is 0 Å². The Kier molecular flexibility index (Phi) is 6.15. The summed E-state index contributed by atoms with van der Waals surface area (Å²) in [7, 11) is 1.72. The van der Waals surface area contributed by atoms with Crippen molar-refractivity contribution in [2.45, 2.75) is 65.6 Å². The Labute approximate surface area is 154 Å². The molecule has 0 saturated carbocycles. The summed E-state index contributed by atoms with van der Waals surface area (Å²) < 4.78 is 10.9. The molecule has 0 bridgehead atoms. The number of ether oxygens (including phenoxy) is 1. The van der Waals surface area contributed by atoms with Gasteiger partial charge >= 0.3 is 12.1 Å². The van der Waals surface area contributed by atoms with Gasteiger partial charge in [-0.05, 0) is 47.5 Å². The first-order valence-electron chi connectivity index (χ1n) is 8.98. The normalized spacial score (nSPS) is 17.8. The quantitative estimate of drug-likeness (QED) is 0.889. The number of hydrogen-bond donors (Lipinski definition) is 1. The monoisotopic (exact) mass is 366 g/mol. The van der Waals surface area contributed by atoms with Crippen LogP contribution in [0.5, 0.6) is 0 Å². The van der Waals surface area contributed by atoms with Gasteiger partial charge in [-0.1, -0.05) is 0 Å². The number of aromatic nitrogens is 1. The van der Waals surface area contributed by atoms with Crippen molar-refractivity contribution in [3.05, 3.63) is 17.3 Å². The maximum absolute atomic E-state index is 12.4. The minimum atomic E-state index is -0.538. The highest BCUT2D eigenvalue weighted by molar-refractivity contribution is 5.74. The second-order valence-corrected chi connectivity index (χ2v) is 7.74. The first kappa shape index (κ1) is 20.1. The number of carbonyl (C=O) groups is 2. The lowest BCUT2D eigenvalue weighted by Crippen LogP contribution is -2.53. The SMILES string of the molecule is Cc1nc(CNC(=O)N2CCCC(N(C)C(=O)OC(C)(C)C)C2)oc1C. The molecule has 1 aliphatic rings. The van der Waals surface area contributed by atoms with Crippen LogP contribution in [0, 0.1) is 13.8 Å². The smallest absolute Gasteiger partial charge is 0.410 e. The van der Waals surface area contributed by atoms with Crippen molar-refractivity contribution in [3.63, 3.8) is 0 Å². The lowest BCUT2D eigenvalue weighted by molar-refractivity contribution is 0.0155. The van der Waals surface area contributed by atoms with Crippen LogP contribution in [0.15, 0.2) is 4.42 Å². The number of rotatable bonds is 3. The van der Waals surface area contributed by atoms with E-state index in [-0.39, 0.29) is 24.7 Å². The van der Waals surface area contributed by atoms with Crippen LogP contribution in [0.4, 0.5) is 9.59 Å². The molecule has 1 fully saturated rings. The van der Waals surface area contributed by atoms with E-state index in [0.29, 0.717) is 19.0 Å². The van der Waals surface area contributed by atoms with Gasteiger partial charge in [0.1, 0.15) is 11.4 Å². The zero-order valence-electron chi connectivity index (χ0n) is 16.6. The average Bonchev–Trinajstić information content (AvgIpc) is 2.88. The van der Waals surface area contributed by atoms with Crippen molar-refractivity contribution in [1.82, 2.24) is 20.1 Å². The molecule has 146 valence electrons. The summed E-state index contributed by atoms with van der Waals surface area (Å²) in [6, 6.07) is -0.239. The largest absolute Gasteiger partial charge is 0.444 e. The number of piperidine rings is 1. The molecule has 0 spiro atoms. The van der Waals surface area contributed by atoms with E-state index in [1.165, 1.54) is 0 Å². The third-order valence-electron chi connectivity index (χ3n) is 4.38. The first-order valence-corrected chi connectivity index (χ1v) is 8.98. The second-order valence-electron chi connectivity index (χ2n) is 7.74. The minimum absolute atomic E-state index is 0.0597. The molecule has 8 nitrogen and oxygen atoms in total. The van der Waals surface area contributed by atoms with Crippen LogP contribution in [-0.2, 0) is 11.3 Å². The van der Waals surface area contributed by atoms with Gasteiger partial charge in [0.05, 0.1) is 18.3 Å². The number of oxazole rings is 1. The predicted octanol–water partition coefficient (Wildman–Crippen LogP) is 2.83. The van der Waals surface area contributed by atoms with E-state index in [2.05, 4.69) is 10.3 Å². The summed E-state index contributed by atoms with van der Waals surface area (Å²) in [5, 5.41) is 2.83. The van der Waals surface area contributed by atoms with E-state index in [4.69, 9.17) is 9.15 Å². The minimum Gasteiger partial charge on any atom is -0.444 e. The van der Waals surface area contributed by atoms with Gasteiger partial charge in [-0.15, -0.1) is 0 Å². The second kappa shape index (κ2) is 7.97. The molecule has 3 amide bonds. The Hall–Kier alpha value is -2.25. The molecule has 1 aliphatic heterocycles. The highest BCUT2D eigenvalue weighted by Crippen LogP contribution is 2.18. The zero-order valence-corrected chi connectivity index (χ0v) is 16.6. The Morgan fingerprint density at radius 1 is 1.38 bits per heavy atom. The van der Waals surface area contributed by atoms with Crippen molar-refractivity contribution in [2.24, 2.45) is 0 Å². The summed E-state index contributed by atoms with van der Waals surface area (Å²) >= 11 is 0. The number of nitrogens with one attached hydrogen (secondary N) is 1. The lowest BCUT2D eigenvalue weighted by atomic mass is 10.1. The van der Waals surface area contributed by atoms with Gasteiger partial charge in [-0.3, -0.25) is 0 Å². The highest BCUT2D eigenvalue weighted by atomic mass is 16.6. The van der Waals surface area contributed by atoms with Crippen LogP contribution in [-0.4, -0.2) is 58.7 Å². The predicted molar refractivity (Wildman–Crippen MR) is 96.8 cm³/mol. The molecule has 1 saturated heterocycles. The van der Waals surface area contributed by atoms with E-state index in [1.807, 2.05) is 34.6 Å². The van der Waals surface area contributed by atoms with Gasteiger partial charge in [0.15, 0.2) is 0 Å². The summed E-state index contributed by atoms with van der Waals surface area (Å²) in [4.78, 5) is 32.3. The van der Waals surface area contributed by atoms with Gasteiger partial charge < -0.3 is 24.3 Å². The van der Waals surface area contributed by atoms with Crippen LogP contribution >= 0.6 is 0 Å². The van der Waals surface area contributed by atoms with Crippen LogP contribution < -0.4 is 5.32 Å². The third-order valence-corrected chi connectivity index (χ3v) is 4.38. The Bertz CT molecular complexity index is 631. The maximum Gasteiger partial charge on any atom is 0.410 e. The summed E-state index contributed by atoms with van der Waals surface area (Å²) in [6.07, 6.45) is 1.32. The molecular formula is C18H30N4O4. The van der Waals surface area contributed by atoms with Crippen molar-refractivity contribution >= 4 is 12.1 Å². The van der Waals surface area contributed by atoms with Crippen LogP contribution in [0.3, 0.4) is 0 Å². The molecule has 0 aliphatic carbocycles. The number of likely N-dealkylation sites (tertiary alicyclic amines) is 1. The number of nitrogens with zero attached hydrogens (tertiary/aromatic N) is 3. The standard InChI is InChI=1S/C18H30N4O4/c1-12-13(2)25-15(20-12)10-19-16(23)22-9-7-8-14(11-22)21(6)17(24)26-18(3,4)5/h14H,7-11H2,1-6H3,(H,19,23). The molecule has 1 N–H and O–H groups in total. The van der Waals surface area contributed by atoms with E-state index >= 15 is 0 Å². The number of carbonyl (C=O) groups excluding carboxylic acids is 2. The molecule has 0 aromatic carbocycles. The van der Waals surface area contributed by atoms with Crippen LogP contribution in [0.1, 0.15) is 51.0 Å². The highest BCUT2D eigenvalue weighted by Gasteiger charge is 2.30. The maximum atomic E-state index is 12.4. The first-order chi connectivity index (χ1) is 12.1. The number of amides is 3. The fraction of sp³-hybridized carbons (Fsp3) is 0.722. The van der Waals surface area contributed by atoms with Gasteiger partial charge in [0.25, 0.3) is 0 Å². The topological polar surface area (TPSA) is 87.9 Å². The van der Waals surface area contributed by atoms with Crippen molar-refractivity contribution < 1.29 is 18.7 Å². The molecule has 1 atom stereocenters. The molecule has 1 aromatic heterocycles. The number of likely N-dealkylation sites (N-methyl/N-ethyl adjacent to an activating group) is 1. The molecule has 1 unspecified atom stereocenters. The summed E-state index contributed by atoms with van der Waals surface area (Å²) in [5.41, 5.74) is 0.287. The van der Waals surface area contributed by atoms with Gasteiger partial charge in [0, 0.05) is 20.1 Å². The Morgan fingerprint density at radius 3 is 2.65 bits per heavy atom. The lowest BCUT2D eigenvalue weighted by Gasteiger charge is -2.37. The molecule has 0 radical (unpaired) electrons. The summed E-state index contributed by atoms with van der Waals surface area (Å²) in [5.74, 6) is 1.25. The zero-order chi connectivity index (χ0) is 19.5. The third kappa shape index (κ3) is 5.37. The molecule has 26 heavy (non-hydrogen) atoms. The average molecular weight is 366 g/mol. The van der Waals surface area contributed by atoms with Gasteiger partial charge in [-0.2, -0.15) is 0 Å². The van der Waals surface area contributed by atoms with Gasteiger partial charge in [-0.25, -0.2) is 14.6 Å². The molecule has 2 rings (SSSR count). The number of hydrogen-bond acceptors (Lipinski definition) is 5.